The van der Waals surface area contributed by atoms with Crippen molar-refractivity contribution in [2.45, 2.75) is 33.1 Å². The molecule has 0 spiro atoms. The van der Waals surface area contributed by atoms with Gasteiger partial charge in [-0.15, -0.1) is 0 Å². The van der Waals surface area contributed by atoms with Crippen molar-refractivity contribution >= 4 is 17.3 Å². The molecule has 1 aromatic carbocycles. The van der Waals surface area contributed by atoms with E-state index < -0.39 is 0 Å². The summed E-state index contributed by atoms with van der Waals surface area (Å²) in [7, 11) is 0. The number of nitrogens with two attached hydrogens (primary N) is 1. The van der Waals surface area contributed by atoms with Crippen LogP contribution in [0.2, 0.25) is 0 Å². The van der Waals surface area contributed by atoms with Crippen LogP contribution in [-0.4, -0.2) is 10.9 Å². The zero-order valence-electron chi connectivity index (χ0n) is 12.9. The number of carbonyl (C=O) groups is 1. The zero-order valence-corrected chi connectivity index (χ0v) is 12.9. The van der Waals surface area contributed by atoms with Crippen molar-refractivity contribution in [1.82, 2.24) is 4.98 Å². The van der Waals surface area contributed by atoms with Crippen molar-refractivity contribution in [3.8, 4) is 0 Å². The average molecular weight is 283 g/mol. The highest BCUT2D eigenvalue weighted by Crippen LogP contribution is 2.24. The van der Waals surface area contributed by atoms with E-state index in [1.54, 1.807) is 6.07 Å². The number of nitrogens with one attached hydrogen (secondary N) is 1. The van der Waals surface area contributed by atoms with Gasteiger partial charge in [-0.3, -0.25) is 9.78 Å². The SMILES string of the molecule is Cc1ncc(C(=O)Nc2cccc(C(C)(C)C)c2)cc1N. The van der Waals surface area contributed by atoms with E-state index in [9.17, 15) is 4.79 Å². The molecule has 2 rings (SSSR count). The van der Waals surface area contributed by atoms with Gasteiger partial charge < -0.3 is 11.1 Å². The third-order valence-electron chi connectivity index (χ3n) is 3.37. The van der Waals surface area contributed by atoms with Gasteiger partial charge in [0.2, 0.25) is 0 Å². The van der Waals surface area contributed by atoms with E-state index in [4.69, 9.17) is 5.73 Å². The molecule has 0 radical (unpaired) electrons. The van der Waals surface area contributed by atoms with Crippen LogP contribution < -0.4 is 11.1 Å². The number of hydrogen-bond donors (Lipinski definition) is 2. The Labute approximate surface area is 125 Å². The number of anilines is 2. The molecule has 4 heteroatoms. The van der Waals surface area contributed by atoms with E-state index >= 15 is 0 Å². The van der Waals surface area contributed by atoms with Crippen LogP contribution in [0.3, 0.4) is 0 Å². The number of nitrogen functional groups attached to an aromatic ring is 1. The summed E-state index contributed by atoms with van der Waals surface area (Å²) in [5.74, 6) is -0.208. The van der Waals surface area contributed by atoms with E-state index in [1.165, 1.54) is 11.8 Å². The van der Waals surface area contributed by atoms with Crippen LogP contribution in [0, 0.1) is 6.92 Å². The van der Waals surface area contributed by atoms with Crippen molar-refractivity contribution in [2.75, 3.05) is 11.1 Å². The highest BCUT2D eigenvalue weighted by atomic mass is 16.1. The Bertz CT molecular complexity index is 672. The predicted molar refractivity (Wildman–Crippen MR) is 86.5 cm³/mol. The summed E-state index contributed by atoms with van der Waals surface area (Å²) in [4.78, 5) is 16.3. The van der Waals surface area contributed by atoms with E-state index in [-0.39, 0.29) is 11.3 Å². The standard InChI is InChI=1S/C17H21N3O/c1-11-15(18)8-12(10-19-11)16(21)20-14-7-5-6-13(9-14)17(2,3)4/h5-10H,18H2,1-4H3,(H,20,21). The van der Waals surface area contributed by atoms with E-state index in [0.717, 1.165) is 11.4 Å². The first-order valence-electron chi connectivity index (χ1n) is 6.91. The van der Waals surface area contributed by atoms with Crippen molar-refractivity contribution in [3.63, 3.8) is 0 Å². The minimum Gasteiger partial charge on any atom is -0.397 e. The maximum atomic E-state index is 12.2. The summed E-state index contributed by atoms with van der Waals surface area (Å²) in [6.45, 7) is 8.22. The molecule has 0 aliphatic carbocycles. The molecule has 0 atom stereocenters. The first-order valence-corrected chi connectivity index (χ1v) is 6.91. The van der Waals surface area contributed by atoms with Crippen molar-refractivity contribution in [1.29, 1.82) is 0 Å². The second-order valence-corrected chi connectivity index (χ2v) is 6.18. The molecule has 0 aliphatic heterocycles. The highest BCUT2D eigenvalue weighted by Gasteiger charge is 2.14. The smallest absolute Gasteiger partial charge is 0.257 e. The van der Waals surface area contributed by atoms with E-state index in [1.807, 2.05) is 25.1 Å². The molecule has 2 aromatic rings. The van der Waals surface area contributed by atoms with Crippen molar-refractivity contribution < 1.29 is 4.79 Å². The van der Waals surface area contributed by atoms with E-state index in [2.05, 4.69) is 37.1 Å². The molecule has 0 fully saturated rings. The largest absolute Gasteiger partial charge is 0.397 e. The molecule has 4 nitrogen and oxygen atoms in total. The molecule has 1 heterocycles. The molecule has 0 saturated carbocycles. The first kappa shape index (κ1) is 15.0. The van der Waals surface area contributed by atoms with Crippen molar-refractivity contribution in [3.05, 3.63) is 53.3 Å². The van der Waals surface area contributed by atoms with Gasteiger partial charge in [0.1, 0.15) is 0 Å². The van der Waals surface area contributed by atoms with Crippen LogP contribution >= 0.6 is 0 Å². The van der Waals surface area contributed by atoms with Crippen LogP contribution in [0.15, 0.2) is 36.5 Å². The maximum absolute atomic E-state index is 12.2. The molecular formula is C17H21N3O. The summed E-state index contributed by atoms with van der Waals surface area (Å²) in [6, 6.07) is 9.51. The summed E-state index contributed by atoms with van der Waals surface area (Å²) in [6.07, 6.45) is 1.54. The molecule has 110 valence electrons. The van der Waals surface area contributed by atoms with Gasteiger partial charge in [-0.25, -0.2) is 0 Å². The topological polar surface area (TPSA) is 68.0 Å². The van der Waals surface area contributed by atoms with Gasteiger partial charge in [-0.2, -0.15) is 0 Å². The second-order valence-electron chi connectivity index (χ2n) is 6.18. The maximum Gasteiger partial charge on any atom is 0.257 e. The number of nitrogens with zero attached hydrogens (tertiary/aromatic N) is 1. The van der Waals surface area contributed by atoms with Gasteiger partial charge in [0.05, 0.1) is 16.9 Å². The molecule has 0 unspecified atom stereocenters. The summed E-state index contributed by atoms with van der Waals surface area (Å²) in [5.41, 5.74) is 9.47. The highest BCUT2D eigenvalue weighted by molar-refractivity contribution is 6.04. The first-order chi connectivity index (χ1) is 9.77. The second kappa shape index (κ2) is 5.56. The number of benzene rings is 1. The predicted octanol–water partition coefficient (Wildman–Crippen LogP) is 3.52. The monoisotopic (exact) mass is 283 g/mol. The van der Waals surface area contributed by atoms with Crippen LogP contribution in [0.1, 0.15) is 42.4 Å². The number of aromatic nitrogens is 1. The van der Waals surface area contributed by atoms with Gasteiger partial charge in [-0.1, -0.05) is 32.9 Å². The number of amides is 1. The molecule has 21 heavy (non-hydrogen) atoms. The number of rotatable bonds is 2. The number of carbonyl (C=O) groups excluding carboxylic acids is 1. The molecule has 1 amide bonds. The van der Waals surface area contributed by atoms with Gasteiger partial charge in [0.25, 0.3) is 5.91 Å². The number of hydrogen-bond acceptors (Lipinski definition) is 3. The molecule has 0 saturated heterocycles. The van der Waals surface area contributed by atoms with Crippen LogP contribution in [0.5, 0.6) is 0 Å². The summed E-state index contributed by atoms with van der Waals surface area (Å²) >= 11 is 0. The molecular weight excluding hydrogens is 262 g/mol. The van der Waals surface area contributed by atoms with Crippen LogP contribution in [0.4, 0.5) is 11.4 Å². The minimum atomic E-state index is -0.208. The number of aryl methyl sites for hydroxylation is 1. The third-order valence-corrected chi connectivity index (χ3v) is 3.37. The Morgan fingerprint density at radius 1 is 1.24 bits per heavy atom. The average Bonchev–Trinajstić information content (AvgIpc) is 2.41. The fourth-order valence-electron chi connectivity index (χ4n) is 1.94. The van der Waals surface area contributed by atoms with Crippen LogP contribution in [0.25, 0.3) is 0 Å². The fourth-order valence-corrected chi connectivity index (χ4v) is 1.94. The molecule has 0 bridgehead atoms. The lowest BCUT2D eigenvalue weighted by Crippen LogP contribution is -2.15. The molecule has 3 N–H and O–H groups in total. The number of pyridine rings is 1. The Hall–Kier alpha value is -2.36. The van der Waals surface area contributed by atoms with Gasteiger partial charge in [-0.05, 0) is 36.1 Å². The molecule has 1 aromatic heterocycles. The fraction of sp³-hybridized carbons (Fsp3) is 0.294. The van der Waals surface area contributed by atoms with E-state index in [0.29, 0.717) is 11.3 Å². The third kappa shape index (κ3) is 3.60. The lowest BCUT2D eigenvalue weighted by molar-refractivity contribution is 0.102. The zero-order chi connectivity index (χ0) is 15.6. The Morgan fingerprint density at radius 2 is 1.95 bits per heavy atom. The normalized spacial score (nSPS) is 11.2. The summed E-state index contributed by atoms with van der Waals surface area (Å²) in [5, 5.41) is 2.88. The Morgan fingerprint density at radius 3 is 2.57 bits per heavy atom. The lowest BCUT2D eigenvalue weighted by Gasteiger charge is -2.19. The lowest BCUT2D eigenvalue weighted by atomic mass is 9.87. The van der Waals surface area contributed by atoms with Gasteiger partial charge in [0.15, 0.2) is 0 Å². The quantitative estimate of drug-likeness (QED) is 0.886. The Kier molecular flexibility index (Phi) is 3.98. The minimum absolute atomic E-state index is 0.0383. The van der Waals surface area contributed by atoms with Crippen LogP contribution in [-0.2, 0) is 5.41 Å². The van der Waals surface area contributed by atoms with Gasteiger partial charge in [0, 0.05) is 11.9 Å². The summed E-state index contributed by atoms with van der Waals surface area (Å²) < 4.78 is 0. The van der Waals surface area contributed by atoms with Crippen molar-refractivity contribution in [2.24, 2.45) is 0 Å². The molecule has 0 aliphatic rings. The van der Waals surface area contributed by atoms with Gasteiger partial charge >= 0.3 is 0 Å². The Balaban J connectivity index is 2.21.